The Hall–Kier alpha value is -2.06. The maximum absolute atomic E-state index is 12.0. The minimum absolute atomic E-state index is 0.159. The van der Waals surface area contributed by atoms with Crippen molar-refractivity contribution < 1.29 is 5.11 Å². The summed E-state index contributed by atoms with van der Waals surface area (Å²) in [6.07, 6.45) is 3.29. The van der Waals surface area contributed by atoms with Gasteiger partial charge in [0.2, 0.25) is 0 Å². The van der Waals surface area contributed by atoms with Crippen molar-refractivity contribution in [2.24, 2.45) is 0 Å². The van der Waals surface area contributed by atoms with Crippen molar-refractivity contribution in [1.29, 1.82) is 0 Å². The van der Waals surface area contributed by atoms with E-state index in [1.165, 1.54) is 15.1 Å². The first-order valence-corrected chi connectivity index (χ1v) is 6.63. The molecule has 0 aliphatic heterocycles. The summed E-state index contributed by atoms with van der Waals surface area (Å²) in [7, 11) is 0. The minimum atomic E-state index is -0.165. The Bertz CT molecular complexity index is 826. The van der Waals surface area contributed by atoms with Gasteiger partial charge in [0, 0.05) is 16.7 Å². The molecule has 0 saturated carbocycles. The van der Waals surface area contributed by atoms with E-state index >= 15 is 0 Å². The van der Waals surface area contributed by atoms with Crippen LogP contribution >= 0.6 is 15.9 Å². The fraction of sp³-hybridized carbons (Fsp3) is 0.167. The molecule has 0 unspecified atom stereocenters. The molecule has 3 aromatic heterocycles. The van der Waals surface area contributed by atoms with Crippen LogP contribution < -0.4 is 5.56 Å². The molecule has 0 aliphatic carbocycles. The highest BCUT2D eigenvalue weighted by atomic mass is 79.9. The second-order valence-electron chi connectivity index (χ2n) is 4.23. The number of aliphatic hydroxyl groups excluding tert-OH is 1. The van der Waals surface area contributed by atoms with Crippen LogP contribution in [0, 0.1) is 0 Å². The lowest BCUT2D eigenvalue weighted by Gasteiger charge is -2.04. The monoisotopic (exact) mass is 335 g/mol. The molecule has 0 fully saturated rings. The Kier molecular flexibility index (Phi) is 3.33. The van der Waals surface area contributed by atoms with Gasteiger partial charge in [0.1, 0.15) is 11.3 Å². The first-order chi connectivity index (χ1) is 9.65. The summed E-state index contributed by atoms with van der Waals surface area (Å²) in [5.41, 5.74) is 1.48. The summed E-state index contributed by atoms with van der Waals surface area (Å²) in [4.78, 5) is 16.4. The fourth-order valence-electron chi connectivity index (χ4n) is 1.86. The predicted molar refractivity (Wildman–Crippen MR) is 74.2 cm³/mol. The predicted octanol–water partition coefficient (Wildman–Crippen LogP) is 0.589. The zero-order valence-corrected chi connectivity index (χ0v) is 11.9. The Morgan fingerprint density at radius 1 is 1.25 bits per heavy atom. The van der Waals surface area contributed by atoms with Crippen LogP contribution in [0.4, 0.5) is 0 Å². The molecule has 0 spiro atoms. The molecule has 0 amide bonds. The second kappa shape index (κ2) is 5.14. The Morgan fingerprint density at radius 3 is 2.85 bits per heavy atom. The summed E-state index contributed by atoms with van der Waals surface area (Å²) in [6.45, 7) is 0.163. The van der Waals surface area contributed by atoms with Crippen molar-refractivity contribution in [2.75, 3.05) is 0 Å². The van der Waals surface area contributed by atoms with Crippen LogP contribution in [0.3, 0.4) is 0 Å². The third-order valence-corrected chi connectivity index (χ3v) is 3.22. The van der Waals surface area contributed by atoms with Crippen molar-refractivity contribution >= 4 is 21.6 Å². The standard InChI is InChI=1S/C12H10BrN5O2/c13-8-1-2-11-14-9(3-12(20)18(11)4-8)5-17-6-10(7-19)15-16-17/h1-4,6,19H,5,7H2. The van der Waals surface area contributed by atoms with Gasteiger partial charge in [0.05, 0.1) is 25.0 Å². The van der Waals surface area contributed by atoms with Gasteiger partial charge in [-0.15, -0.1) is 5.10 Å². The molecule has 3 rings (SSSR count). The molecule has 7 nitrogen and oxygen atoms in total. The first-order valence-electron chi connectivity index (χ1n) is 5.83. The summed E-state index contributed by atoms with van der Waals surface area (Å²) < 4.78 is 3.81. The van der Waals surface area contributed by atoms with Gasteiger partial charge in [0.15, 0.2) is 0 Å². The largest absolute Gasteiger partial charge is 0.390 e. The van der Waals surface area contributed by atoms with E-state index < -0.39 is 0 Å². The molecular weight excluding hydrogens is 326 g/mol. The lowest BCUT2D eigenvalue weighted by atomic mass is 10.3. The molecule has 0 radical (unpaired) electrons. The zero-order chi connectivity index (χ0) is 14.1. The number of hydrogen-bond acceptors (Lipinski definition) is 5. The lowest BCUT2D eigenvalue weighted by Crippen LogP contribution is -2.16. The highest BCUT2D eigenvalue weighted by molar-refractivity contribution is 9.10. The highest BCUT2D eigenvalue weighted by Crippen LogP contribution is 2.09. The number of hydrogen-bond donors (Lipinski definition) is 1. The Morgan fingerprint density at radius 2 is 2.10 bits per heavy atom. The summed E-state index contributed by atoms with van der Waals surface area (Å²) in [5.74, 6) is 0. The van der Waals surface area contributed by atoms with E-state index in [9.17, 15) is 4.79 Å². The molecule has 0 saturated heterocycles. The molecule has 1 N–H and O–H groups in total. The van der Waals surface area contributed by atoms with E-state index in [4.69, 9.17) is 5.11 Å². The quantitative estimate of drug-likeness (QED) is 0.757. The van der Waals surface area contributed by atoms with E-state index in [0.717, 1.165) is 4.47 Å². The van der Waals surface area contributed by atoms with Crippen LogP contribution in [0.2, 0.25) is 0 Å². The topological polar surface area (TPSA) is 85.3 Å². The van der Waals surface area contributed by atoms with E-state index in [1.54, 1.807) is 18.5 Å². The fourth-order valence-corrected chi connectivity index (χ4v) is 2.20. The van der Waals surface area contributed by atoms with Gasteiger partial charge in [-0.2, -0.15) is 0 Å². The van der Waals surface area contributed by atoms with Crippen LogP contribution in [0.5, 0.6) is 0 Å². The van der Waals surface area contributed by atoms with Gasteiger partial charge in [-0.05, 0) is 28.1 Å². The van der Waals surface area contributed by atoms with Crippen molar-refractivity contribution in [3.05, 3.63) is 56.8 Å². The Labute approximate surface area is 121 Å². The van der Waals surface area contributed by atoms with E-state index in [2.05, 4.69) is 31.2 Å². The number of aliphatic hydroxyl groups is 1. The van der Waals surface area contributed by atoms with Crippen LogP contribution in [-0.4, -0.2) is 29.5 Å². The molecule has 0 atom stereocenters. The van der Waals surface area contributed by atoms with Crippen LogP contribution in [0.1, 0.15) is 11.4 Å². The maximum Gasteiger partial charge on any atom is 0.258 e. The van der Waals surface area contributed by atoms with Crippen LogP contribution in [0.15, 0.2) is 39.9 Å². The highest BCUT2D eigenvalue weighted by Gasteiger charge is 2.05. The van der Waals surface area contributed by atoms with E-state index in [0.29, 0.717) is 23.6 Å². The van der Waals surface area contributed by atoms with Gasteiger partial charge in [0.25, 0.3) is 5.56 Å². The number of pyridine rings is 1. The van der Waals surface area contributed by atoms with Crippen LogP contribution in [-0.2, 0) is 13.2 Å². The number of halogens is 1. The van der Waals surface area contributed by atoms with Crippen molar-refractivity contribution in [3.8, 4) is 0 Å². The third-order valence-electron chi connectivity index (χ3n) is 2.75. The zero-order valence-electron chi connectivity index (χ0n) is 10.3. The molecular formula is C12H10BrN5O2. The molecule has 0 bridgehead atoms. The molecule has 20 heavy (non-hydrogen) atoms. The minimum Gasteiger partial charge on any atom is -0.390 e. The lowest BCUT2D eigenvalue weighted by molar-refractivity contribution is 0.276. The second-order valence-corrected chi connectivity index (χ2v) is 5.14. The SMILES string of the molecule is O=c1cc(Cn2cc(CO)nn2)nc2ccc(Br)cn12. The van der Waals surface area contributed by atoms with Gasteiger partial charge < -0.3 is 5.11 Å². The summed E-state index contributed by atoms with van der Waals surface area (Å²) in [6, 6.07) is 5.04. The smallest absolute Gasteiger partial charge is 0.258 e. The molecule has 102 valence electrons. The summed E-state index contributed by atoms with van der Waals surface area (Å²) >= 11 is 3.32. The summed E-state index contributed by atoms with van der Waals surface area (Å²) in [5, 5.41) is 16.6. The first kappa shape index (κ1) is 12.9. The number of nitrogens with zero attached hydrogens (tertiary/aromatic N) is 5. The van der Waals surface area contributed by atoms with Gasteiger partial charge in [-0.25, -0.2) is 9.67 Å². The molecule has 0 aliphatic rings. The molecule has 3 aromatic rings. The maximum atomic E-state index is 12.0. The van der Waals surface area contributed by atoms with Gasteiger partial charge in [-0.3, -0.25) is 9.20 Å². The number of aromatic nitrogens is 5. The molecule has 8 heteroatoms. The average molecular weight is 336 g/mol. The van der Waals surface area contributed by atoms with Crippen molar-refractivity contribution in [3.63, 3.8) is 0 Å². The van der Waals surface area contributed by atoms with Gasteiger partial charge >= 0.3 is 0 Å². The van der Waals surface area contributed by atoms with E-state index in [-0.39, 0.29) is 12.2 Å². The van der Waals surface area contributed by atoms with Crippen LogP contribution in [0.25, 0.3) is 5.65 Å². The number of fused-ring (bicyclic) bond motifs is 1. The molecule has 3 heterocycles. The molecule has 0 aromatic carbocycles. The van der Waals surface area contributed by atoms with Crippen molar-refractivity contribution in [2.45, 2.75) is 13.2 Å². The normalized spacial score (nSPS) is 11.1. The van der Waals surface area contributed by atoms with Crippen molar-refractivity contribution in [1.82, 2.24) is 24.4 Å². The third kappa shape index (κ3) is 2.47. The Balaban J connectivity index is 2.00. The average Bonchev–Trinajstić information content (AvgIpc) is 2.87. The number of rotatable bonds is 3. The van der Waals surface area contributed by atoms with Gasteiger partial charge in [-0.1, -0.05) is 5.21 Å². The van der Waals surface area contributed by atoms with E-state index in [1.807, 2.05) is 6.07 Å².